The average Bonchev–Trinajstić information content (AvgIpc) is 2.49. The molecule has 0 saturated heterocycles. The Morgan fingerprint density at radius 1 is 1.09 bits per heavy atom. The summed E-state index contributed by atoms with van der Waals surface area (Å²) >= 11 is 3.34. The summed E-state index contributed by atoms with van der Waals surface area (Å²) in [5, 5.41) is 5.42. The first-order chi connectivity index (χ1) is 10.9. The number of halogens is 1. The van der Waals surface area contributed by atoms with Gasteiger partial charge in [-0.2, -0.15) is 0 Å². The molecule has 0 aliphatic carbocycles. The first-order valence-electron chi connectivity index (χ1n) is 7.00. The van der Waals surface area contributed by atoms with E-state index in [1.807, 2.05) is 25.1 Å². The number of benzene rings is 2. The lowest BCUT2D eigenvalue weighted by atomic mass is 10.2. The second-order valence-corrected chi connectivity index (χ2v) is 5.94. The van der Waals surface area contributed by atoms with E-state index in [1.54, 1.807) is 24.3 Å². The molecule has 6 heteroatoms. The second kappa shape index (κ2) is 7.78. The molecule has 2 aromatic rings. The van der Waals surface area contributed by atoms with Crippen LogP contribution in [0.25, 0.3) is 0 Å². The smallest absolute Gasteiger partial charge is 0.262 e. The zero-order valence-electron chi connectivity index (χ0n) is 12.9. The highest BCUT2D eigenvalue weighted by atomic mass is 79.9. The SMILES string of the molecule is CC(=O)Nc1ccc(C)cc1OCC(=O)Nc1ccc(Br)cc1. The molecule has 2 aromatic carbocycles. The van der Waals surface area contributed by atoms with Gasteiger partial charge in [-0.05, 0) is 48.9 Å². The molecule has 0 aliphatic rings. The summed E-state index contributed by atoms with van der Waals surface area (Å²) in [6, 6.07) is 12.6. The van der Waals surface area contributed by atoms with E-state index in [9.17, 15) is 9.59 Å². The molecule has 0 atom stereocenters. The monoisotopic (exact) mass is 376 g/mol. The van der Waals surface area contributed by atoms with Gasteiger partial charge in [-0.25, -0.2) is 0 Å². The molecule has 0 aromatic heterocycles. The molecule has 2 amide bonds. The maximum Gasteiger partial charge on any atom is 0.262 e. The maximum absolute atomic E-state index is 12.0. The summed E-state index contributed by atoms with van der Waals surface area (Å²) in [5.74, 6) is -0.00761. The van der Waals surface area contributed by atoms with Gasteiger partial charge < -0.3 is 15.4 Å². The molecule has 0 saturated carbocycles. The van der Waals surface area contributed by atoms with Gasteiger partial charge in [-0.3, -0.25) is 9.59 Å². The minimum atomic E-state index is -0.275. The van der Waals surface area contributed by atoms with Crippen LogP contribution in [0.3, 0.4) is 0 Å². The van der Waals surface area contributed by atoms with Crippen LogP contribution in [0.15, 0.2) is 46.9 Å². The summed E-state index contributed by atoms with van der Waals surface area (Å²) in [6.45, 7) is 3.18. The standard InChI is InChI=1S/C17H17BrN2O3/c1-11-3-8-15(19-12(2)21)16(9-11)23-10-17(22)20-14-6-4-13(18)5-7-14/h3-9H,10H2,1-2H3,(H,19,21)(H,20,22). The Bertz CT molecular complexity index is 714. The van der Waals surface area contributed by atoms with Crippen LogP contribution in [0, 0.1) is 6.92 Å². The summed E-state index contributed by atoms with van der Waals surface area (Å²) in [4.78, 5) is 23.2. The minimum absolute atomic E-state index is 0.147. The third kappa shape index (κ3) is 5.41. The molecule has 23 heavy (non-hydrogen) atoms. The normalized spacial score (nSPS) is 10.0. The fourth-order valence-corrected chi connectivity index (χ4v) is 2.18. The van der Waals surface area contributed by atoms with E-state index in [0.717, 1.165) is 10.0 Å². The Morgan fingerprint density at radius 2 is 1.78 bits per heavy atom. The molecule has 2 N–H and O–H groups in total. The van der Waals surface area contributed by atoms with E-state index in [1.165, 1.54) is 6.92 Å². The van der Waals surface area contributed by atoms with Crippen LogP contribution < -0.4 is 15.4 Å². The van der Waals surface area contributed by atoms with Gasteiger partial charge in [0, 0.05) is 17.1 Å². The number of nitrogens with one attached hydrogen (secondary N) is 2. The molecule has 2 rings (SSSR count). The number of anilines is 2. The molecule has 0 unspecified atom stereocenters. The van der Waals surface area contributed by atoms with Crippen molar-refractivity contribution in [2.45, 2.75) is 13.8 Å². The lowest BCUT2D eigenvalue weighted by Gasteiger charge is -2.12. The molecule has 120 valence electrons. The average molecular weight is 377 g/mol. The van der Waals surface area contributed by atoms with Crippen molar-refractivity contribution in [1.29, 1.82) is 0 Å². The number of hydrogen-bond donors (Lipinski definition) is 2. The summed E-state index contributed by atoms with van der Waals surface area (Å²) in [7, 11) is 0. The molecule has 5 nitrogen and oxygen atoms in total. The Labute approximate surface area is 143 Å². The Balaban J connectivity index is 1.99. The number of amides is 2. The van der Waals surface area contributed by atoms with Gasteiger partial charge in [0.05, 0.1) is 5.69 Å². The summed E-state index contributed by atoms with van der Waals surface area (Å²) in [6.07, 6.45) is 0. The van der Waals surface area contributed by atoms with Gasteiger partial charge in [0.2, 0.25) is 5.91 Å². The van der Waals surface area contributed by atoms with Crippen molar-refractivity contribution < 1.29 is 14.3 Å². The predicted molar refractivity (Wildman–Crippen MR) is 93.7 cm³/mol. The second-order valence-electron chi connectivity index (χ2n) is 5.02. The number of aryl methyl sites for hydroxylation is 1. The van der Waals surface area contributed by atoms with Gasteiger partial charge in [-0.1, -0.05) is 22.0 Å². The summed E-state index contributed by atoms with van der Waals surface area (Å²) < 4.78 is 6.48. The highest BCUT2D eigenvalue weighted by Crippen LogP contribution is 2.25. The Hall–Kier alpha value is -2.34. The van der Waals surface area contributed by atoms with E-state index in [0.29, 0.717) is 17.1 Å². The summed E-state index contributed by atoms with van der Waals surface area (Å²) in [5.41, 5.74) is 2.20. The van der Waals surface area contributed by atoms with Crippen LogP contribution in [-0.2, 0) is 9.59 Å². The minimum Gasteiger partial charge on any atom is -0.482 e. The van der Waals surface area contributed by atoms with Crippen LogP contribution in [0.5, 0.6) is 5.75 Å². The van der Waals surface area contributed by atoms with Crippen molar-refractivity contribution >= 4 is 39.1 Å². The first-order valence-corrected chi connectivity index (χ1v) is 7.80. The van der Waals surface area contributed by atoms with E-state index in [-0.39, 0.29) is 18.4 Å². The van der Waals surface area contributed by atoms with Crippen molar-refractivity contribution in [3.05, 3.63) is 52.5 Å². The van der Waals surface area contributed by atoms with Gasteiger partial charge >= 0.3 is 0 Å². The quantitative estimate of drug-likeness (QED) is 0.835. The van der Waals surface area contributed by atoms with Crippen LogP contribution in [0.4, 0.5) is 11.4 Å². The van der Waals surface area contributed by atoms with E-state index in [4.69, 9.17) is 4.74 Å². The van der Waals surface area contributed by atoms with Crippen molar-refractivity contribution in [1.82, 2.24) is 0 Å². The first kappa shape index (κ1) is 17.0. The zero-order chi connectivity index (χ0) is 16.8. The highest BCUT2D eigenvalue weighted by Gasteiger charge is 2.09. The van der Waals surface area contributed by atoms with Crippen LogP contribution >= 0.6 is 15.9 Å². The van der Waals surface area contributed by atoms with Crippen LogP contribution in [0.2, 0.25) is 0 Å². The van der Waals surface area contributed by atoms with Crippen molar-refractivity contribution in [2.24, 2.45) is 0 Å². The maximum atomic E-state index is 12.0. The van der Waals surface area contributed by atoms with Crippen LogP contribution in [0.1, 0.15) is 12.5 Å². The number of rotatable bonds is 5. The fraction of sp³-hybridized carbons (Fsp3) is 0.176. The molecule has 0 spiro atoms. The predicted octanol–water partition coefficient (Wildman–Crippen LogP) is 3.73. The molecule has 0 bridgehead atoms. The number of ether oxygens (including phenoxy) is 1. The zero-order valence-corrected chi connectivity index (χ0v) is 14.4. The van der Waals surface area contributed by atoms with Gasteiger partial charge in [0.25, 0.3) is 5.91 Å². The van der Waals surface area contributed by atoms with E-state index < -0.39 is 0 Å². The lowest BCUT2D eigenvalue weighted by molar-refractivity contribution is -0.118. The van der Waals surface area contributed by atoms with Crippen molar-refractivity contribution in [3.8, 4) is 5.75 Å². The Kier molecular flexibility index (Phi) is 5.76. The molecule has 0 heterocycles. The third-order valence-electron chi connectivity index (χ3n) is 2.93. The molecule has 0 aliphatic heterocycles. The third-order valence-corrected chi connectivity index (χ3v) is 3.46. The van der Waals surface area contributed by atoms with Gasteiger partial charge in [0.15, 0.2) is 6.61 Å². The van der Waals surface area contributed by atoms with Gasteiger partial charge in [-0.15, -0.1) is 0 Å². The molecule has 0 fully saturated rings. The molecular formula is C17H17BrN2O3. The Morgan fingerprint density at radius 3 is 2.43 bits per heavy atom. The number of carbonyl (C=O) groups excluding carboxylic acids is 2. The van der Waals surface area contributed by atoms with Gasteiger partial charge in [0.1, 0.15) is 5.75 Å². The number of hydrogen-bond acceptors (Lipinski definition) is 3. The number of carbonyl (C=O) groups is 2. The lowest BCUT2D eigenvalue weighted by Crippen LogP contribution is -2.20. The van der Waals surface area contributed by atoms with Crippen LogP contribution in [-0.4, -0.2) is 18.4 Å². The molecular weight excluding hydrogens is 360 g/mol. The van der Waals surface area contributed by atoms with E-state index in [2.05, 4.69) is 26.6 Å². The van der Waals surface area contributed by atoms with E-state index >= 15 is 0 Å². The highest BCUT2D eigenvalue weighted by molar-refractivity contribution is 9.10. The largest absolute Gasteiger partial charge is 0.482 e. The molecule has 0 radical (unpaired) electrons. The van der Waals surface area contributed by atoms with Crippen molar-refractivity contribution in [2.75, 3.05) is 17.2 Å². The van der Waals surface area contributed by atoms with Crippen molar-refractivity contribution in [3.63, 3.8) is 0 Å². The topological polar surface area (TPSA) is 67.4 Å². The fourth-order valence-electron chi connectivity index (χ4n) is 1.92.